The number of phenols is 1. The summed E-state index contributed by atoms with van der Waals surface area (Å²) in [4.78, 5) is 24.0. The second-order valence-electron chi connectivity index (χ2n) is 6.90. The molecule has 0 saturated carbocycles. The lowest BCUT2D eigenvalue weighted by atomic mass is 9.92. The molecule has 0 saturated heterocycles. The SMILES string of the molecule is CC1(C)CC(=O)c2c(O)cc(OCC(=O)N[C@H]3C=CS(=O)(=O)C3)cc2O1. The Labute approximate surface area is 150 Å². The van der Waals surface area contributed by atoms with Crippen LogP contribution >= 0.6 is 0 Å². The summed E-state index contributed by atoms with van der Waals surface area (Å²) in [6.45, 7) is 3.14. The normalized spacial score (nSPS) is 22.4. The van der Waals surface area contributed by atoms with E-state index in [9.17, 15) is 23.1 Å². The molecule has 1 amide bonds. The number of ether oxygens (including phenoxy) is 2. The van der Waals surface area contributed by atoms with Crippen LogP contribution in [0.2, 0.25) is 0 Å². The van der Waals surface area contributed by atoms with E-state index in [4.69, 9.17) is 9.47 Å². The van der Waals surface area contributed by atoms with Gasteiger partial charge in [0, 0.05) is 17.5 Å². The van der Waals surface area contributed by atoms with Crippen molar-refractivity contribution in [3.63, 3.8) is 0 Å². The third-order valence-electron chi connectivity index (χ3n) is 3.95. The van der Waals surface area contributed by atoms with Crippen LogP contribution in [0.5, 0.6) is 17.2 Å². The molecule has 3 rings (SSSR count). The molecule has 1 atom stereocenters. The summed E-state index contributed by atoms with van der Waals surface area (Å²) in [7, 11) is -3.26. The summed E-state index contributed by atoms with van der Waals surface area (Å²) in [6, 6.07) is 2.10. The van der Waals surface area contributed by atoms with Crippen LogP contribution in [-0.2, 0) is 14.6 Å². The summed E-state index contributed by atoms with van der Waals surface area (Å²) >= 11 is 0. The van der Waals surface area contributed by atoms with Crippen LogP contribution in [0.15, 0.2) is 23.6 Å². The molecule has 140 valence electrons. The molecule has 0 aliphatic carbocycles. The molecule has 9 heteroatoms. The number of aromatic hydroxyl groups is 1. The van der Waals surface area contributed by atoms with Crippen LogP contribution in [0.3, 0.4) is 0 Å². The predicted octanol–water partition coefficient (Wildman–Crippen LogP) is 0.942. The van der Waals surface area contributed by atoms with Gasteiger partial charge in [0.25, 0.3) is 5.91 Å². The van der Waals surface area contributed by atoms with Crippen LogP contribution in [0, 0.1) is 0 Å². The fourth-order valence-electron chi connectivity index (χ4n) is 2.89. The van der Waals surface area contributed by atoms with E-state index in [1.165, 1.54) is 18.2 Å². The molecule has 0 radical (unpaired) electrons. The van der Waals surface area contributed by atoms with Gasteiger partial charge in [0.05, 0.1) is 18.2 Å². The molecular weight excluding hydrogens is 362 g/mol. The molecule has 0 fully saturated rings. The Kier molecular flexibility index (Phi) is 4.43. The lowest BCUT2D eigenvalue weighted by molar-refractivity contribution is -0.123. The summed E-state index contributed by atoms with van der Waals surface area (Å²) in [5.74, 6) is -0.826. The van der Waals surface area contributed by atoms with Crippen molar-refractivity contribution in [2.75, 3.05) is 12.4 Å². The van der Waals surface area contributed by atoms with E-state index >= 15 is 0 Å². The van der Waals surface area contributed by atoms with E-state index in [-0.39, 0.29) is 47.4 Å². The lowest BCUT2D eigenvalue weighted by Gasteiger charge is -2.32. The van der Waals surface area contributed by atoms with E-state index in [0.717, 1.165) is 5.41 Å². The van der Waals surface area contributed by atoms with E-state index in [2.05, 4.69) is 5.32 Å². The number of sulfone groups is 1. The number of amides is 1. The smallest absolute Gasteiger partial charge is 0.258 e. The number of carbonyl (C=O) groups is 2. The van der Waals surface area contributed by atoms with Gasteiger partial charge in [-0.1, -0.05) is 0 Å². The fraction of sp³-hybridized carbons (Fsp3) is 0.412. The summed E-state index contributed by atoms with van der Waals surface area (Å²) in [6.07, 6.45) is 1.55. The highest BCUT2D eigenvalue weighted by molar-refractivity contribution is 7.94. The second kappa shape index (κ2) is 6.31. The van der Waals surface area contributed by atoms with E-state index in [1.807, 2.05) is 0 Å². The van der Waals surface area contributed by atoms with Gasteiger partial charge in [0.15, 0.2) is 22.2 Å². The van der Waals surface area contributed by atoms with Crippen molar-refractivity contribution >= 4 is 21.5 Å². The third kappa shape index (κ3) is 3.98. The standard InChI is InChI=1S/C17H19NO7S/c1-17(2)7-13(20)16-12(19)5-11(6-14(16)25-17)24-8-15(21)18-10-3-4-26(22,23)9-10/h3-6,10,19H,7-9H2,1-2H3,(H,18,21)/t10-/m0/s1. The minimum absolute atomic E-state index is 0.0995. The molecule has 2 N–H and O–H groups in total. The van der Waals surface area contributed by atoms with Gasteiger partial charge in [0.2, 0.25) is 0 Å². The largest absolute Gasteiger partial charge is 0.507 e. The maximum Gasteiger partial charge on any atom is 0.258 e. The van der Waals surface area contributed by atoms with Gasteiger partial charge >= 0.3 is 0 Å². The van der Waals surface area contributed by atoms with E-state index < -0.39 is 27.4 Å². The molecule has 8 nitrogen and oxygen atoms in total. The molecule has 2 heterocycles. The van der Waals surface area contributed by atoms with Gasteiger partial charge in [-0.3, -0.25) is 9.59 Å². The van der Waals surface area contributed by atoms with E-state index in [1.54, 1.807) is 13.8 Å². The zero-order valence-corrected chi connectivity index (χ0v) is 15.1. The van der Waals surface area contributed by atoms with E-state index in [0.29, 0.717) is 0 Å². The molecule has 0 aromatic heterocycles. The molecule has 2 aliphatic rings. The number of hydrogen-bond donors (Lipinski definition) is 2. The Hall–Kier alpha value is -2.55. The van der Waals surface area contributed by atoms with Gasteiger partial charge in [-0.05, 0) is 19.9 Å². The summed E-state index contributed by atoms with van der Waals surface area (Å²) in [5.41, 5.74) is -0.602. The maximum atomic E-state index is 12.1. The minimum Gasteiger partial charge on any atom is -0.507 e. The molecular formula is C17H19NO7S. The number of ketones is 1. The van der Waals surface area contributed by atoms with Gasteiger partial charge < -0.3 is 19.9 Å². The summed E-state index contributed by atoms with van der Waals surface area (Å²) in [5, 5.41) is 13.7. The lowest BCUT2D eigenvalue weighted by Crippen LogP contribution is -2.38. The van der Waals surface area contributed by atoms with Crippen molar-refractivity contribution in [3.05, 3.63) is 29.2 Å². The van der Waals surface area contributed by atoms with Crippen LogP contribution in [0.1, 0.15) is 30.6 Å². The fourth-order valence-corrected chi connectivity index (χ4v) is 4.13. The number of phenolic OH excluding ortho intramolecular Hbond substituents is 1. The Morgan fingerprint density at radius 2 is 2.15 bits per heavy atom. The van der Waals surface area contributed by atoms with Crippen LogP contribution in [-0.4, -0.2) is 49.2 Å². The molecule has 1 aromatic rings. The average molecular weight is 381 g/mol. The van der Waals surface area contributed by atoms with Gasteiger partial charge in [-0.15, -0.1) is 0 Å². The quantitative estimate of drug-likeness (QED) is 0.797. The second-order valence-corrected chi connectivity index (χ2v) is 8.83. The van der Waals surface area contributed by atoms with Crippen molar-refractivity contribution in [1.29, 1.82) is 0 Å². The molecule has 0 unspecified atom stereocenters. The Bertz CT molecular complexity index is 902. The van der Waals surface area contributed by atoms with Crippen LogP contribution in [0.25, 0.3) is 0 Å². The summed E-state index contributed by atoms with van der Waals surface area (Å²) < 4.78 is 33.7. The van der Waals surface area contributed by atoms with Crippen molar-refractivity contribution in [3.8, 4) is 17.2 Å². The first-order valence-corrected chi connectivity index (χ1v) is 9.68. The van der Waals surface area contributed by atoms with Gasteiger partial charge in [-0.25, -0.2) is 8.42 Å². The number of rotatable bonds is 4. The number of hydrogen-bond acceptors (Lipinski definition) is 7. The molecule has 0 spiro atoms. The van der Waals surface area contributed by atoms with Gasteiger partial charge in [-0.2, -0.15) is 0 Å². The Morgan fingerprint density at radius 3 is 2.81 bits per heavy atom. The van der Waals surface area contributed by atoms with Crippen LogP contribution in [0.4, 0.5) is 0 Å². The first-order chi connectivity index (χ1) is 12.0. The van der Waals surface area contributed by atoms with Crippen LogP contribution < -0.4 is 14.8 Å². The third-order valence-corrected chi connectivity index (χ3v) is 5.35. The first kappa shape index (κ1) is 18.2. The zero-order valence-electron chi connectivity index (χ0n) is 14.3. The highest BCUT2D eigenvalue weighted by Gasteiger charge is 2.35. The molecule has 1 aromatic carbocycles. The molecule has 26 heavy (non-hydrogen) atoms. The maximum absolute atomic E-state index is 12.1. The predicted molar refractivity (Wildman–Crippen MR) is 92.1 cm³/mol. The zero-order chi connectivity index (χ0) is 19.1. The Morgan fingerprint density at radius 1 is 1.42 bits per heavy atom. The number of Topliss-reactive ketones (excluding diaryl/α,β-unsaturated/α-hetero) is 1. The number of benzene rings is 1. The topological polar surface area (TPSA) is 119 Å². The van der Waals surface area contributed by atoms with Crippen molar-refractivity contribution in [2.24, 2.45) is 0 Å². The number of carbonyl (C=O) groups excluding carboxylic acids is 2. The van der Waals surface area contributed by atoms with Crippen molar-refractivity contribution < 1.29 is 32.6 Å². The number of fused-ring (bicyclic) bond motifs is 1. The molecule has 0 bridgehead atoms. The first-order valence-electron chi connectivity index (χ1n) is 7.97. The minimum atomic E-state index is -3.26. The van der Waals surface area contributed by atoms with Gasteiger partial charge in [0.1, 0.15) is 28.4 Å². The number of nitrogens with one attached hydrogen (secondary N) is 1. The average Bonchev–Trinajstić information content (AvgIpc) is 2.81. The van der Waals surface area contributed by atoms with Crippen molar-refractivity contribution in [2.45, 2.75) is 31.9 Å². The highest BCUT2D eigenvalue weighted by atomic mass is 32.2. The van der Waals surface area contributed by atoms with Crippen molar-refractivity contribution in [1.82, 2.24) is 5.32 Å². The monoisotopic (exact) mass is 381 g/mol. The Balaban J connectivity index is 1.66. The highest BCUT2D eigenvalue weighted by Crippen LogP contribution is 2.40. The molecule has 2 aliphatic heterocycles.